The van der Waals surface area contributed by atoms with Gasteiger partial charge >= 0.3 is 0 Å². The summed E-state index contributed by atoms with van der Waals surface area (Å²) in [4.78, 5) is 16.2. The van der Waals surface area contributed by atoms with Crippen LogP contribution in [0.1, 0.15) is 5.56 Å². The molecule has 0 unspecified atom stereocenters. The molecule has 0 radical (unpaired) electrons. The van der Waals surface area contributed by atoms with Crippen LogP contribution >= 0.6 is 11.3 Å². The van der Waals surface area contributed by atoms with Gasteiger partial charge in [0.15, 0.2) is 5.13 Å². The molecule has 2 aromatic carbocycles. The van der Waals surface area contributed by atoms with Crippen LogP contribution in [0, 0.1) is 0 Å². The second-order valence-electron chi connectivity index (χ2n) is 4.54. The number of hydrazone groups is 1. The third-order valence-electron chi connectivity index (χ3n) is 2.88. The number of benzene rings is 2. The fourth-order valence-corrected chi connectivity index (χ4v) is 2.75. The number of carbonyl (C=O) groups is 1. The highest BCUT2D eigenvalue weighted by atomic mass is 32.1. The molecule has 0 fully saturated rings. The van der Waals surface area contributed by atoms with Crippen LogP contribution in [-0.4, -0.2) is 23.7 Å². The summed E-state index contributed by atoms with van der Waals surface area (Å²) < 4.78 is 1.05. The van der Waals surface area contributed by atoms with Gasteiger partial charge in [0, 0.05) is 0 Å². The highest BCUT2D eigenvalue weighted by Gasteiger charge is 2.06. The number of nitrogens with zero attached hydrogens (tertiary/aromatic N) is 2. The first-order chi connectivity index (χ1) is 10.8. The molecule has 110 valence electrons. The van der Waals surface area contributed by atoms with Crippen LogP contribution in [0.15, 0.2) is 59.7 Å². The monoisotopic (exact) mass is 310 g/mol. The van der Waals surface area contributed by atoms with E-state index in [-0.39, 0.29) is 12.5 Å². The minimum Gasteiger partial charge on any atom is -0.301 e. The predicted molar refractivity (Wildman–Crippen MR) is 90.3 cm³/mol. The van der Waals surface area contributed by atoms with E-state index in [1.165, 1.54) is 11.3 Å². The average Bonchev–Trinajstić information content (AvgIpc) is 2.94. The van der Waals surface area contributed by atoms with Gasteiger partial charge in [0.05, 0.1) is 16.4 Å². The van der Waals surface area contributed by atoms with Gasteiger partial charge in [-0.05, 0) is 17.7 Å². The summed E-state index contributed by atoms with van der Waals surface area (Å²) >= 11 is 1.45. The fraction of sp³-hybridized carbons (Fsp3) is 0.0625. The first kappa shape index (κ1) is 14.2. The SMILES string of the molecule is O=C(CN/N=C/c1ccccc1)Nc1nc2ccccc2s1. The minimum absolute atomic E-state index is 0.0965. The van der Waals surface area contributed by atoms with E-state index in [0.29, 0.717) is 5.13 Å². The van der Waals surface area contributed by atoms with E-state index in [1.54, 1.807) is 6.21 Å². The summed E-state index contributed by atoms with van der Waals surface area (Å²) in [6.45, 7) is 0.0965. The molecule has 6 heteroatoms. The van der Waals surface area contributed by atoms with E-state index >= 15 is 0 Å². The predicted octanol–water partition coefficient (Wildman–Crippen LogP) is 2.86. The molecule has 0 aliphatic heterocycles. The fourth-order valence-electron chi connectivity index (χ4n) is 1.87. The second kappa shape index (κ2) is 6.82. The molecule has 0 saturated carbocycles. The summed E-state index contributed by atoms with van der Waals surface area (Å²) in [6.07, 6.45) is 1.67. The zero-order valence-electron chi connectivity index (χ0n) is 11.7. The Hall–Kier alpha value is -2.73. The lowest BCUT2D eigenvalue weighted by atomic mass is 10.2. The Labute approximate surface area is 131 Å². The van der Waals surface area contributed by atoms with Crippen molar-refractivity contribution in [2.75, 3.05) is 11.9 Å². The Kier molecular flexibility index (Phi) is 4.41. The van der Waals surface area contributed by atoms with Crippen LogP contribution in [-0.2, 0) is 4.79 Å². The highest BCUT2D eigenvalue weighted by Crippen LogP contribution is 2.25. The lowest BCUT2D eigenvalue weighted by Gasteiger charge is -2.00. The number of thiazole rings is 1. The van der Waals surface area contributed by atoms with Crippen molar-refractivity contribution in [1.82, 2.24) is 10.4 Å². The summed E-state index contributed by atoms with van der Waals surface area (Å²) in [5, 5.41) is 7.37. The molecule has 0 aliphatic carbocycles. The second-order valence-corrected chi connectivity index (χ2v) is 5.57. The Morgan fingerprint density at radius 2 is 1.91 bits per heavy atom. The minimum atomic E-state index is -0.177. The van der Waals surface area contributed by atoms with Crippen LogP contribution in [0.2, 0.25) is 0 Å². The maximum absolute atomic E-state index is 11.8. The average molecular weight is 310 g/mol. The van der Waals surface area contributed by atoms with Gasteiger partial charge in [-0.25, -0.2) is 4.98 Å². The van der Waals surface area contributed by atoms with Crippen molar-refractivity contribution in [3.63, 3.8) is 0 Å². The number of aromatic nitrogens is 1. The molecule has 0 saturated heterocycles. The van der Waals surface area contributed by atoms with Crippen molar-refractivity contribution >= 4 is 38.8 Å². The lowest BCUT2D eigenvalue weighted by Crippen LogP contribution is -2.24. The van der Waals surface area contributed by atoms with Crippen LogP contribution < -0.4 is 10.7 Å². The molecular weight excluding hydrogens is 296 g/mol. The van der Waals surface area contributed by atoms with Gasteiger partial charge in [0.25, 0.3) is 0 Å². The van der Waals surface area contributed by atoms with Crippen molar-refractivity contribution in [2.24, 2.45) is 5.10 Å². The molecule has 0 bridgehead atoms. The largest absolute Gasteiger partial charge is 0.301 e. The van der Waals surface area contributed by atoms with Crippen LogP contribution in [0.4, 0.5) is 5.13 Å². The molecular formula is C16H14N4OS. The number of rotatable bonds is 5. The van der Waals surface area contributed by atoms with Crippen molar-refractivity contribution in [2.45, 2.75) is 0 Å². The Morgan fingerprint density at radius 1 is 1.14 bits per heavy atom. The normalized spacial score (nSPS) is 10.9. The number of hydrogen-bond acceptors (Lipinski definition) is 5. The smallest absolute Gasteiger partial charge is 0.247 e. The molecule has 1 heterocycles. The molecule has 0 atom stereocenters. The van der Waals surface area contributed by atoms with E-state index in [1.807, 2.05) is 54.6 Å². The van der Waals surface area contributed by atoms with E-state index < -0.39 is 0 Å². The van der Waals surface area contributed by atoms with Crippen LogP contribution in [0.5, 0.6) is 0 Å². The van der Waals surface area contributed by atoms with Gasteiger partial charge in [-0.3, -0.25) is 4.79 Å². The van der Waals surface area contributed by atoms with Gasteiger partial charge in [-0.2, -0.15) is 5.10 Å². The van der Waals surface area contributed by atoms with Gasteiger partial charge < -0.3 is 10.7 Å². The van der Waals surface area contributed by atoms with Crippen molar-refractivity contribution in [3.05, 3.63) is 60.2 Å². The number of carbonyl (C=O) groups excluding carboxylic acids is 1. The summed E-state index contributed by atoms with van der Waals surface area (Å²) in [6, 6.07) is 17.5. The van der Waals surface area contributed by atoms with Gasteiger partial charge in [0.1, 0.15) is 6.54 Å². The molecule has 1 aromatic heterocycles. The molecule has 0 aliphatic rings. The highest BCUT2D eigenvalue weighted by molar-refractivity contribution is 7.22. The summed E-state index contributed by atoms with van der Waals surface area (Å²) in [7, 11) is 0. The summed E-state index contributed by atoms with van der Waals surface area (Å²) in [5.74, 6) is -0.177. The molecule has 5 nitrogen and oxygen atoms in total. The number of para-hydroxylation sites is 1. The summed E-state index contributed by atoms with van der Waals surface area (Å²) in [5.41, 5.74) is 4.58. The zero-order valence-corrected chi connectivity index (χ0v) is 12.5. The van der Waals surface area contributed by atoms with Crippen molar-refractivity contribution in [1.29, 1.82) is 0 Å². The van der Waals surface area contributed by atoms with Crippen molar-refractivity contribution in [3.8, 4) is 0 Å². The molecule has 3 aromatic rings. The number of nitrogens with one attached hydrogen (secondary N) is 2. The maximum atomic E-state index is 11.8. The lowest BCUT2D eigenvalue weighted by molar-refractivity contribution is -0.115. The van der Waals surface area contributed by atoms with Crippen molar-refractivity contribution < 1.29 is 4.79 Å². The molecule has 2 N–H and O–H groups in total. The molecule has 3 rings (SSSR count). The number of amides is 1. The maximum Gasteiger partial charge on any atom is 0.247 e. The van der Waals surface area contributed by atoms with Crippen LogP contribution in [0.3, 0.4) is 0 Å². The standard InChI is InChI=1S/C16H14N4OS/c21-15(11-18-17-10-12-6-2-1-3-7-12)20-16-19-13-8-4-5-9-14(13)22-16/h1-10,18H,11H2,(H,19,20,21)/b17-10+. The topological polar surface area (TPSA) is 66.4 Å². The number of anilines is 1. The van der Waals surface area contributed by atoms with Crippen LogP contribution in [0.25, 0.3) is 10.2 Å². The van der Waals surface area contributed by atoms with E-state index in [2.05, 4.69) is 20.8 Å². The quantitative estimate of drug-likeness (QED) is 0.562. The Morgan fingerprint density at radius 3 is 2.73 bits per heavy atom. The van der Waals surface area contributed by atoms with Gasteiger partial charge in [-0.1, -0.05) is 53.8 Å². The molecule has 1 amide bonds. The third kappa shape index (κ3) is 3.67. The third-order valence-corrected chi connectivity index (χ3v) is 3.84. The first-order valence-electron chi connectivity index (χ1n) is 6.78. The Bertz CT molecular complexity index is 765. The zero-order chi connectivity index (χ0) is 15.2. The van der Waals surface area contributed by atoms with Gasteiger partial charge in [0.2, 0.25) is 5.91 Å². The van der Waals surface area contributed by atoms with E-state index in [4.69, 9.17) is 0 Å². The van der Waals surface area contributed by atoms with Gasteiger partial charge in [-0.15, -0.1) is 0 Å². The number of hydrogen-bond donors (Lipinski definition) is 2. The van der Waals surface area contributed by atoms with E-state index in [0.717, 1.165) is 15.8 Å². The molecule has 22 heavy (non-hydrogen) atoms. The first-order valence-corrected chi connectivity index (χ1v) is 7.59. The Balaban J connectivity index is 1.51. The number of fused-ring (bicyclic) bond motifs is 1. The van der Waals surface area contributed by atoms with E-state index in [9.17, 15) is 4.79 Å². The molecule has 0 spiro atoms.